The molecule has 0 amide bonds. The van der Waals surface area contributed by atoms with E-state index in [-0.39, 0.29) is 5.41 Å². The van der Waals surface area contributed by atoms with Gasteiger partial charge < -0.3 is 9.80 Å². The third-order valence-electron chi connectivity index (χ3n) is 14.6. The van der Waals surface area contributed by atoms with Gasteiger partial charge in [0.25, 0.3) is 0 Å². The molecule has 0 bridgehead atoms. The number of nitrogens with zero attached hydrogens (tertiary/aromatic N) is 2. The van der Waals surface area contributed by atoms with E-state index >= 15 is 0 Å². The topological polar surface area (TPSA) is 6.48 Å². The minimum Gasteiger partial charge on any atom is -0.310 e. The quantitative estimate of drug-likeness (QED) is 0.0709. The summed E-state index contributed by atoms with van der Waals surface area (Å²) in [6.07, 6.45) is 22.8. The van der Waals surface area contributed by atoms with E-state index in [2.05, 4.69) is 159 Å². The molecular weight excluding hydrogens is 737 g/mol. The van der Waals surface area contributed by atoms with E-state index in [0.717, 1.165) is 6.42 Å². The van der Waals surface area contributed by atoms with Gasteiger partial charge in [0.2, 0.25) is 0 Å². The van der Waals surface area contributed by atoms with Crippen molar-refractivity contribution in [2.75, 3.05) is 9.80 Å². The number of rotatable bonds is 20. The van der Waals surface area contributed by atoms with Crippen molar-refractivity contribution in [3.8, 4) is 11.1 Å². The number of fused-ring (bicyclic) bond motifs is 5. The highest BCUT2D eigenvalue weighted by Crippen LogP contribution is 2.57. The van der Waals surface area contributed by atoms with Crippen molar-refractivity contribution in [2.24, 2.45) is 0 Å². The fourth-order valence-corrected chi connectivity index (χ4v) is 10.8. The van der Waals surface area contributed by atoms with Crippen molar-refractivity contribution in [3.63, 3.8) is 0 Å². The van der Waals surface area contributed by atoms with Crippen LogP contribution in [0.1, 0.15) is 148 Å². The molecule has 0 atom stereocenters. The zero-order valence-corrected chi connectivity index (χ0v) is 37.7. The Balaban J connectivity index is 1.19. The minimum absolute atomic E-state index is 0.0632. The van der Waals surface area contributed by atoms with Gasteiger partial charge in [-0.25, -0.2) is 0 Å². The van der Waals surface area contributed by atoms with Gasteiger partial charge in [-0.2, -0.15) is 0 Å². The average molecular weight is 805 g/mol. The van der Waals surface area contributed by atoms with E-state index in [4.69, 9.17) is 0 Å². The lowest BCUT2D eigenvalue weighted by Crippen LogP contribution is -2.26. The highest BCUT2D eigenvalue weighted by Gasteiger charge is 2.43. The van der Waals surface area contributed by atoms with Crippen LogP contribution in [0.25, 0.3) is 11.1 Å². The van der Waals surface area contributed by atoms with Gasteiger partial charge in [0, 0.05) is 39.5 Å². The smallest absolute Gasteiger partial charge is 0.0496 e. The molecule has 0 saturated carbocycles. The predicted octanol–water partition coefficient (Wildman–Crippen LogP) is 17.2. The second-order valence-electron chi connectivity index (χ2n) is 18.8. The summed E-state index contributed by atoms with van der Waals surface area (Å²) in [6.45, 7) is 9.06. The van der Waals surface area contributed by atoms with Crippen LogP contribution in [-0.4, -0.2) is 0 Å². The van der Waals surface area contributed by atoms with E-state index in [9.17, 15) is 0 Å². The first-order chi connectivity index (χ1) is 30.0. The Morgan fingerprint density at radius 2 is 0.885 bits per heavy atom. The Morgan fingerprint density at radius 1 is 0.410 bits per heavy atom. The largest absolute Gasteiger partial charge is 0.310 e. The van der Waals surface area contributed by atoms with Gasteiger partial charge in [-0.1, -0.05) is 157 Å². The summed E-state index contributed by atoms with van der Waals surface area (Å²) in [5.74, 6) is 0. The molecular formula is C59H68N2. The van der Waals surface area contributed by atoms with Crippen molar-refractivity contribution in [3.05, 3.63) is 166 Å². The molecule has 3 aliphatic rings. The van der Waals surface area contributed by atoms with Gasteiger partial charge in [0.15, 0.2) is 0 Å². The van der Waals surface area contributed by atoms with E-state index in [1.54, 1.807) is 11.1 Å². The zero-order chi connectivity index (χ0) is 41.8. The Kier molecular flexibility index (Phi) is 12.5. The molecule has 0 spiro atoms. The fourth-order valence-electron chi connectivity index (χ4n) is 10.8. The molecule has 0 unspecified atom stereocenters. The Bertz CT molecular complexity index is 2420. The first kappa shape index (κ1) is 41.3. The summed E-state index contributed by atoms with van der Waals surface area (Å²) < 4.78 is 0. The van der Waals surface area contributed by atoms with Crippen LogP contribution in [0.5, 0.6) is 0 Å². The lowest BCUT2D eigenvalue weighted by Gasteiger charge is -2.36. The van der Waals surface area contributed by atoms with Crippen LogP contribution in [0, 0.1) is 13.8 Å². The standard InChI is InChI=1S/C59H68N2/c1-5-7-9-11-13-15-38-59(39-16-14-12-10-8-6-2)56-41-51(60(48-28-20-43(3)21-29-48)50-32-26-45-24-25-47(45)40-50)33-36-54(56)55-37-34-52(42-57(55)59)61(49-30-22-44(4)23-31-49)58-19-17-18-46-27-35-53(46)58/h17-23,26,28-34,36-37,40-42H,5-16,24-25,27,35,38-39H2,1-4H3. The Morgan fingerprint density at radius 3 is 1.41 bits per heavy atom. The molecule has 61 heavy (non-hydrogen) atoms. The Hall–Kier alpha value is -5.08. The third-order valence-corrected chi connectivity index (χ3v) is 14.6. The first-order valence-electron chi connectivity index (χ1n) is 24.2. The Labute approximate surface area is 368 Å². The molecule has 0 saturated heterocycles. The molecule has 6 aromatic rings. The maximum atomic E-state index is 2.65. The molecule has 0 heterocycles. The number of unbranched alkanes of at least 4 members (excludes halogenated alkanes) is 10. The van der Waals surface area contributed by atoms with Crippen molar-refractivity contribution in [1.82, 2.24) is 0 Å². The molecule has 2 nitrogen and oxygen atoms in total. The number of benzene rings is 6. The second kappa shape index (κ2) is 18.5. The van der Waals surface area contributed by atoms with Crippen LogP contribution in [0.4, 0.5) is 34.1 Å². The summed E-state index contributed by atoms with van der Waals surface area (Å²) in [5.41, 5.74) is 22.2. The maximum absolute atomic E-state index is 2.65. The highest BCUT2D eigenvalue weighted by molar-refractivity contribution is 5.89. The minimum atomic E-state index is -0.0632. The number of hydrogen-bond donors (Lipinski definition) is 0. The SMILES string of the molecule is CCCCCCCCC1(CCCCCCCC)c2cc(N(c3ccc(C)cc3)c3ccc4c(c3)CC4)ccc2-c2ccc(N(c3ccc(C)cc3)c3cccc4c3CC4)cc21. The average Bonchev–Trinajstić information content (AvgIpc) is 3.51. The molecule has 6 aromatic carbocycles. The van der Waals surface area contributed by atoms with Crippen LogP contribution in [0.2, 0.25) is 0 Å². The molecule has 314 valence electrons. The normalized spacial score (nSPS) is 14.0. The van der Waals surface area contributed by atoms with E-state index in [1.165, 1.54) is 188 Å². The first-order valence-corrected chi connectivity index (χ1v) is 24.2. The highest BCUT2D eigenvalue weighted by atomic mass is 15.2. The molecule has 0 aliphatic heterocycles. The molecule has 0 N–H and O–H groups in total. The van der Waals surface area contributed by atoms with Crippen molar-refractivity contribution >= 4 is 34.1 Å². The zero-order valence-electron chi connectivity index (χ0n) is 37.7. The maximum Gasteiger partial charge on any atom is 0.0496 e. The van der Waals surface area contributed by atoms with Gasteiger partial charge in [-0.05, 0) is 164 Å². The van der Waals surface area contributed by atoms with Crippen molar-refractivity contribution in [2.45, 2.75) is 149 Å². The second-order valence-corrected chi connectivity index (χ2v) is 18.8. The summed E-state index contributed by atoms with van der Waals surface area (Å²) >= 11 is 0. The summed E-state index contributed by atoms with van der Waals surface area (Å²) in [4.78, 5) is 5.12. The van der Waals surface area contributed by atoms with Gasteiger partial charge in [0.05, 0.1) is 0 Å². The van der Waals surface area contributed by atoms with Crippen LogP contribution < -0.4 is 9.80 Å². The summed E-state index contributed by atoms with van der Waals surface area (Å²) in [5, 5.41) is 0. The summed E-state index contributed by atoms with van der Waals surface area (Å²) in [7, 11) is 0. The lowest BCUT2D eigenvalue weighted by atomic mass is 9.70. The van der Waals surface area contributed by atoms with E-state index in [0.29, 0.717) is 0 Å². The van der Waals surface area contributed by atoms with Crippen LogP contribution in [0.15, 0.2) is 121 Å². The number of anilines is 6. The van der Waals surface area contributed by atoms with Gasteiger partial charge >= 0.3 is 0 Å². The van der Waals surface area contributed by atoms with Crippen LogP contribution >= 0.6 is 0 Å². The van der Waals surface area contributed by atoms with Gasteiger partial charge in [0.1, 0.15) is 0 Å². The van der Waals surface area contributed by atoms with Crippen LogP contribution in [-0.2, 0) is 31.1 Å². The molecule has 0 fully saturated rings. The number of aryl methyl sites for hydroxylation is 5. The van der Waals surface area contributed by atoms with Crippen molar-refractivity contribution < 1.29 is 0 Å². The van der Waals surface area contributed by atoms with Crippen LogP contribution in [0.3, 0.4) is 0 Å². The lowest BCUT2D eigenvalue weighted by molar-refractivity contribution is 0.398. The monoisotopic (exact) mass is 805 g/mol. The third kappa shape index (κ3) is 8.33. The van der Waals surface area contributed by atoms with Gasteiger partial charge in [-0.15, -0.1) is 0 Å². The molecule has 0 aromatic heterocycles. The van der Waals surface area contributed by atoms with E-state index < -0.39 is 0 Å². The summed E-state index contributed by atoms with van der Waals surface area (Å²) in [6, 6.07) is 47.7. The van der Waals surface area contributed by atoms with Crippen molar-refractivity contribution in [1.29, 1.82) is 0 Å². The molecule has 0 radical (unpaired) electrons. The van der Waals surface area contributed by atoms with Gasteiger partial charge in [-0.3, -0.25) is 0 Å². The fraction of sp³-hybridized carbons (Fsp3) is 0.390. The molecule has 3 aliphatic carbocycles. The molecule has 9 rings (SSSR count). The number of hydrogen-bond acceptors (Lipinski definition) is 2. The molecule has 2 heteroatoms. The predicted molar refractivity (Wildman–Crippen MR) is 262 cm³/mol. The van der Waals surface area contributed by atoms with E-state index in [1.807, 2.05) is 0 Å².